The lowest BCUT2D eigenvalue weighted by molar-refractivity contribution is 0.152. The minimum Gasteiger partial charge on any atom is -0.395 e. The molecule has 0 saturated carbocycles. The highest BCUT2D eigenvalue weighted by molar-refractivity contribution is 5.59. The summed E-state index contributed by atoms with van der Waals surface area (Å²) in [6.45, 7) is -1.09. The minimum atomic E-state index is -2.63. The van der Waals surface area contributed by atoms with Gasteiger partial charge >= 0.3 is 0 Å². The second-order valence-electron chi connectivity index (χ2n) is 3.31. The van der Waals surface area contributed by atoms with E-state index in [9.17, 15) is 13.2 Å². The lowest BCUT2D eigenvalue weighted by Gasteiger charge is -2.24. The van der Waals surface area contributed by atoms with Crippen molar-refractivity contribution >= 4 is 5.69 Å². The van der Waals surface area contributed by atoms with Crippen molar-refractivity contribution in [1.82, 2.24) is 0 Å². The monoisotopic (exact) mass is 244 g/mol. The second-order valence-corrected chi connectivity index (χ2v) is 3.31. The Bertz CT molecular complexity index is 418. The zero-order chi connectivity index (χ0) is 12.8. The van der Waals surface area contributed by atoms with Gasteiger partial charge in [-0.2, -0.15) is 5.26 Å². The predicted molar refractivity (Wildman–Crippen MR) is 56.4 cm³/mol. The van der Waals surface area contributed by atoms with Crippen LogP contribution in [0.5, 0.6) is 0 Å². The van der Waals surface area contributed by atoms with E-state index in [1.54, 1.807) is 6.07 Å². The molecule has 6 heteroatoms. The number of aliphatic hydroxyl groups is 1. The molecule has 17 heavy (non-hydrogen) atoms. The quantitative estimate of drug-likeness (QED) is 0.858. The molecule has 0 aromatic heterocycles. The van der Waals surface area contributed by atoms with Crippen LogP contribution in [0.15, 0.2) is 18.2 Å². The largest absolute Gasteiger partial charge is 0.395 e. The van der Waals surface area contributed by atoms with Gasteiger partial charge in [0.2, 0.25) is 0 Å². The number of rotatable bonds is 5. The summed E-state index contributed by atoms with van der Waals surface area (Å²) in [6.07, 6.45) is -2.63. The highest BCUT2D eigenvalue weighted by Crippen LogP contribution is 2.23. The van der Waals surface area contributed by atoms with Gasteiger partial charge in [-0.1, -0.05) is 6.07 Å². The van der Waals surface area contributed by atoms with Crippen LogP contribution >= 0.6 is 0 Å². The highest BCUT2D eigenvalue weighted by atomic mass is 19.3. The summed E-state index contributed by atoms with van der Waals surface area (Å²) in [5, 5.41) is 17.6. The number of nitrogens with zero attached hydrogens (tertiary/aromatic N) is 2. The first-order valence-corrected chi connectivity index (χ1v) is 4.92. The van der Waals surface area contributed by atoms with Crippen LogP contribution in [0.3, 0.4) is 0 Å². The van der Waals surface area contributed by atoms with Crippen LogP contribution in [0, 0.1) is 17.1 Å². The number of halogens is 3. The first-order chi connectivity index (χ1) is 8.10. The van der Waals surface area contributed by atoms with Gasteiger partial charge in [-0.25, -0.2) is 13.2 Å². The Morgan fingerprint density at radius 1 is 1.41 bits per heavy atom. The molecule has 0 spiro atoms. The summed E-state index contributed by atoms with van der Waals surface area (Å²) >= 11 is 0. The van der Waals surface area contributed by atoms with Gasteiger partial charge in [-0.15, -0.1) is 0 Å². The van der Waals surface area contributed by atoms with Crippen molar-refractivity contribution in [2.75, 3.05) is 24.6 Å². The maximum atomic E-state index is 13.3. The maximum absolute atomic E-state index is 13.3. The van der Waals surface area contributed by atoms with Crippen LogP contribution in [0.4, 0.5) is 18.9 Å². The number of aliphatic hydroxyl groups excluding tert-OH is 1. The molecule has 0 amide bonds. The Kier molecular flexibility index (Phi) is 4.79. The number of benzene rings is 1. The van der Waals surface area contributed by atoms with Gasteiger partial charge in [-0.05, 0) is 12.1 Å². The number of nitriles is 1. The number of hydrogen-bond donors (Lipinski definition) is 1. The topological polar surface area (TPSA) is 47.3 Å². The molecule has 92 valence electrons. The molecule has 3 nitrogen and oxygen atoms in total. The fraction of sp³-hybridized carbons (Fsp3) is 0.364. The van der Waals surface area contributed by atoms with Crippen molar-refractivity contribution in [3.63, 3.8) is 0 Å². The molecule has 1 rings (SSSR count). The summed E-state index contributed by atoms with van der Waals surface area (Å²) in [6, 6.07) is 5.43. The summed E-state index contributed by atoms with van der Waals surface area (Å²) in [4.78, 5) is 1.09. The van der Waals surface area contributed by atoms with E-state index < -0.39 is 18.8 Å². The number of hydrogen-bond acceptors (Lipinski definition) is 3. The van der Waals surface area contributed by atoms with Gasteiger partial charge in [0.15, 0.2) is 0 Å². The molecule has 0 aliphatic carbocycles. The summed E-state index contributed by atoms with van der Waals surface area (Å²) in [5.41, 5.74) is -0.219. The Balaban J connectivity index is 3.09. The highest BCUT2D eigenvalue weighted by Gasteiger charge is 2.17. The Morgan fingerprint density at radius 2 is 2.12 bits per heavy atom. The number of alkyl halides is 2. The van der Waals surface area contributed by atoms with Crippen molar-refractivity contribution in [3.8, 4) is 6.07 Å². The molecule has 0 radical (unpaired) electrons. The lowest BCUT2D eigenvalue weighted by atomic mass is 10.1. The number of anilines is 1. The Labute approximate surface area is 96.7 Å². The molecule has 1 N–H and O–H groups in total. The fourth-order valence-electron chi connectivity index (χ4n) is 1.48. The van der Waals surface area contributed by atoms with Gasteiger partial charge < -0.3 is 10.0 Å². The van der Waals surface area contributed by atoms with Gasteiger partial charge in [-0.3, -0.25) is 0 Å². The van der Waals surface area contributed by atoms with Crippen LogP contribution in [-0.2, 0) is 0 Å². The van der Waals surface area contributed by atoms with E-state index in [1.165, 1.54) is 12.1 Å². The van der Waals surface area contributed by atoms with Crippen molar-refractivity contribution in [1.29, 1.82) is 5.26 Å². The van der Waals surface area contributed by atoms with Gasteiger partial charge in [0.05, 0.1) is 18.8 Å². The van der Waals surface area contributed by atoms with Crippen molar-refractivity contribution < 1.29 is 18.3 Å². The zero-order valence-electron chi connectivity index (χ0n) is 8.91. The molecule has 1 aromatic carbocycles. The molecule has 0 unspecified atom stereocenters. The third-order valence-electron chi connectivity index (χ3n) is 2.17. The second kappa shape index (κ2) is 6.11. The zero-order valence-corrected chi connectivity index (χ0v) is 8.91. The minimum absolute atomic E-state index is 0.0712. The fourth-order valence-corrected chi connectivity index (χ4v) is 1.48. The first kappa shape index (κ1) is 13.3. The molecule has 0 atom stereocenters. The maximum Gasteiger partial charge on any atom is 0.255 e. The molecule has 0 fully saturated rings. The Hall–Kier alpha value is -1.74. The molecular weight excluding hydrogens is 233 g/mol. The molecule has 0 bridgehead atoms. The van der Waals surface area contributed by atoms with Crippen molar-refractivity contribution in [2.45, 2.75) is 6.43 Å². The van der Waals surface area contributed by atoms with Gasteiger partial charge in [0.1, 0.15) is 17.4 Å². The SMILES string of the molecule is N#Cc1c(F)cccc1N(CCO)CC(F)F. The molecule has 0 aliphatic rings. The van der Waals surface area contributed by atoms with Crippen molar-refractivity contribution in [3.05, 3.63) is 29.6 Å². The van der Waals surface area contributed by atoms with E-state index in [-0.39, 0.29) is 24.4 Å². The van der Waals surface area contributed by atoms with Crippen LogP contribution < -0.4 is 4.90 Å². The molecule has 0 aliphatic heterocycles. The first-order valence-electron chi connectivity index (χ1n) is 4.92. The predicted octanol–water partition coefficient (Wildman–Crippen LogP) is 1.76. The van der Waals surface area contributed by atoms with Gasteiger partial charge in [0, 0.05) is 6.54 Å². The van der Waals surface area contributed by atoms with Crippen LogP contribution in [0.2, 0.25) is 0 Å². The standard InChI is InChI=1S/C11H11F3N2O/c12-9-2-1-3-10(8(9)6-15)16(4-5-17)7-11(13)14/h1-3,11,17H,4-5,7H2. The average Bonchev–Trinajstić information content (AvgIpc) is 2.27. The van der Waals surface area contributed by atoms with E-state index in [1.807, 2.05) is 0 Å². The lowest BCUT2D eigenvalue weighted by Crippen LogP contribution is -2.32. The summed E-state index contributed by atoms with van der Waals surface area (Å²) in [7, 11) is 0. The molecule has 0 saturated heterocycles. The summed E-state index contributed by atoms with van der Waals surface area (Å²) < 4.78 is 37.9. The van der Waals surface area contributed by atoms with Crippen molar-refractivity contribution in [2.24, 2.45) is 0 Å². The third kappa shape index (κ3) is 3.36. The van der Waals surface area contributed by atoms with E-state index in [2.05, 4.69) is 0 Å². The average molecular weight is 244 g/mol. The van der Waals surface area contributed by atoms with E-state index >= 15 is 0 Å². The molecular formula is C11H11F3N2O. The molecule has 0 heterocycles. The van der Waals surface area contributed by atoms with Crippen LogP contribution in [0.25, 0.3) is 0 Å². The van der Waals surface area contributed by atoms with Gasteiger partial charge in [0.25, 0.3) is 6.43 Å². The molecule has 1 aromatic rings. The normalized spacial score (nSPS) is 10.4. The summed E-state index contributed by atoms with van der Waals surface area (Å²) in [5.74, 6) is -0.762. The van der Waals surface area contributed by atoms with E-state index in [4.69, 9.17) is 10.4 Å². The Morgan fingerprint density at radius 3 is 2.65 bits per heavy atom. The van der Waals surface area contributed by atoms with Crippen LogP contribution in [-0.4, -0.2) is 31.2 Å². The van der Waals surface area contributed by atoms with Crippen LogP contribution in [0.1, 0.15) is 5.56 Å². The third-order valence-corrected chi connectivity index (χ3v) is 2.17. The smallest absolute Gasteiger partial charge is 0.255 e. The van der Waals surface area contributed by atoms with E-state index in [0.29, 0.717) is 0 Å². The van der Waals surface area contributed by atoms with E-state index in [0.717, 1.165) is 11.0 Å².